The number of carbonyl (C=O) groups excluding carboxylic acids is 1. The molecule has 0 heterocycles. The molecule has 0 amide bonds. The molecule has 9 heteroatoms. The van der Waals surface area contributed by atoms with Gasteiger partial charge < -0.3 is 0 Å². The average Bonchev–Trinajstić information content (AvgIpc) is 3.30. The summed E-state index contributed by atoms with van der Waals surface area (Å²) >= 11 is 0. The summed E-state index contributed by atoms with van der Waals surface area (Å²) in [6.45, 7) is 0. The average molecular weight is 388 g/mol. The molecule has 0 bridgehead atoms. The van der Waals surface area contributed by atoms with Crippen LogP contribution in [0.1, 0.15) is 30.9 Å². The number of nitrogens with one attached hydrogen (secondary N) is 1. The van der Waals surface area contributed by atoms with Gasteiger partial charge in [-0.3, -0.25) is 10.1 Å². The maximum Gasteiger partial charge on any atom is 0.407 e. The normalized spacial score (nSPS) is 18.6. The fourth-order valence-corrected chi connectivity index (χ4v) is 3.59. The maximum absolute atomic E-state index is 13.5. The molecular weight excluding hydrogens is 369 g/mol. The zero-order valence-corrected chi connectivity index (χ0v) is 14.9. The second kappa shape index (κ2) is 7.37. The van der Waals surface area contributed by atoms with Gasteiger partial charge in [0.25, 0.3) is 0 Å². The van der Waals surface area contributed by atoms with Gasteiger partial charge in [0, 0.05) is 12.7 Å². The number of Topliss-reactive ketones (excluding diaryl/α,β-unsaturated/α-hetero) is 1. The van der Waals surface area contributed by atoms with E-state index in [1.54, 1.807) is 6.07 Å². The molecule has 1 N–H and O–H groups in total. The van der Waals surface area contributed by atoms with Crippen LogP contribution in [-0.2, 0) is 14.6 Å². The Kier molecular flexibility index (Phi) is 5.78. The first kappa shape index (κ1) is 20.4. The molecule has 1 aliphatic rings. The molecule has 0 aromatic heterocycles. The van der Waals surface area contributed by atoms with Gasteiger partial charge in [-0.1, -0.05) is 30.3 Å². The van der Waals surface area contributed by atoms with Crippen molar-refractivity contribution >= 4 is 15.6 Å². The number of sulfone groups is 1. The highest BCUT2D eigenvalue weighted by atomic mass is 32.2. The minimum absolute atomic E-state index is 0.118. The molecule has 0 aliphatic heterocycles. The molecule has 26 heavy (non-hydrogen) atoms. The highest BCUT2D eigenvalue weighted by Crippen LogP contribution is 2.48. The Morgan fingerprint density at radius 2 is 1.88 bits per heavy atom. The summed E-state index contributed by atoms with van der Waals surface area (Å²) in [7, 11) is -3.72. The summed E-state index contributed by atoms with van der Waals surface area (Å²) in [4.78, 5) is 12.5. The van der Waals surface area contributed by atoms with Crippen molar-refractivity contribution in [2.24, 2.45) is 5.41 Å². The van der Waals surface area contributed by atoms with Crippen LogP contribution >= 0.6 is 0 Å². The first-order valence-corrected chi connectivity index (χ1v) is 10.0. The summed E-state index contributed by atoms with van der Waals surface area (Å²) in [6, 6.07) is 5.20. The first-order valence-electron chi connectivity index (χ1n) is 7.95. The van der Waals surface area contributed by atoms with Gasteiger partial charge in [0.1, 0.15) is 15.9 Å². The fourth-order valence-electron chi connectivity index (χ4n) is 2.70. The van der Waals surface area contributed by atoms with Gasteiger partial charge >= 0.3 is 6.18 Å². The molecule has 2 atom stereocenters. The number of benzene rings is 1. The van der Waals surface area contributed by atoms with Crippen molar-refractivity contribution in [3.05, 3.63) is 35.9 Å². The number of hydrogen-bond acceptors (Lipinski definition) is 5. The largest absolute Gasteiger partial charge is 0.407 e. The summed E-state index contributed by atoms with van der Waals surface area (Å²) in [6.07, 6.45) is -3.14. The van der Waals surface area contributed by atoms with Gasteiger partial charge in [-0.05, 0) is 18.4 Å². The lowest BCUT2D eigenvalue weighted by Gasteiger charge is -2.27. The lowest BCUT2D eigenvalue weighted by atomic mass is 9.96. The Balaban J connectivity index is 2.28. The van der Waals surface area contributed by atoms with E-state index in [9.17, 15) is 26.4 Å². The number of nitriles is 1. The van der Waals surface area contributed by atoms with E-state index < -0.39 is 45.0 Å². The molecule has 142 valence electrons. The molecule has 0 unspecified atom stereocenters. The highest BCUT2D eigenvalue weighted by Gasteiger charge is 2.48. The van der Waals surface area contributed by atoms with Crippen molar-refractivity contribution < 1.29 is 26.4 Å². The van der Waals surface area contributed by atoms with Gasteiger partial charge in [-0.25, -0.2) is 8.42 Å². The zero-order chi connectivity index (χ0) is 19.6. The van der Waals surface area contributed by atoms with E-state index in [1.807, 2.05) is 6.07 Å². The number of rotatable bonds is 8. The zero-order valence-electron chi connectivity index (χ0n) is 14.1. The molecule has 1 fully saturated rings. The van der Waals surface area contributed by atoms with Crippen molar-refractivity contribution in [1.29, 1.82) is 5.26 Å². The van der Waals surface area contributed by atoms with E-state index in [2.05, 4.69) is 5.32 Å². The highest BCUT2D eigenvalue weighted by molar-refractivity contribution is 7.90. The van der Waals surface area contributed by atoms with Crippen molar-refractivity contribution in [3.8, 4) is 6.07 Å². The van der Waals surface area contributed by atoms with Gasteiger partial charge in [-0.2, -0.15) is 18.4 Å². The number of nitrogens with zero attached hydrogens (tertiary/aromatic N) is 1. The van der Waals surface area contributed by atoms with Crippen LogP contribution in [0.5, 0.6) is 0 Å². The summed E-state index contributed by atoms with van der Waals surface area (Å²) in [5, 5.41) is 11.3. The molecule has 0 radical (unpaired) electrons. The summed E-state index contributed by atoms with van der Waals surface area (Å²) in [5.41, 5.74) is -0.984. The monoisotopic (exact) mass is 388 g/mol. The van der Waals surface area contributed by atoms with E-state index in [0.29, 0.717) is 12.8 Å². The third-order valence-electron chi connectivity index (χ3n) is 4.29. The van der Waals surface area contributed by atoms with Crippen LogP contribution in [-0.4, -0.2) is 38.4 Å². The number of ketones is 1. The summed E-state index contributed by atoms with van der Waals surface area (Å²) < 4.78 is 63.8. The predicted molar refractivity (Wildman–Crippen MR) is 88.8 cm³/mol. The van der Waals surface area contributed by atoms with Crippen LogP contribution in [0.15, 0.2) is 30.3 Å². The van der Waals surface area contributed by atoms with E-state index in [4.69, 9.17) is 5.26 Å². The minimum Gasteiger partial charge on any atom is -0.298 e. The van der Waals surface area contributed by atoms with E-state index in [1.165, 1.54) is 24.3 Å². The maximum atomic E-state index is 13.5. The number of alkyl halides is 3. The second-order valence-corrected chi connectivity index (χ2v) is 8.92. The van der Waals surface area contributed by atoms with E-state index >= 15 is 0 Å². The Bertz CT molecular complexity index is 797. The topological polar surface area (TPSA) is 87.0 Å². The van der Waals surface area contributed by atoms with Gasteiger partial charge in [0.2, 0.25) is 0 Å². The fraction of sp³-hybridized carbons (Fsp3) is 0.529. The Labute approximate surface area is 150 Å². The number of carbonyl (C=O) groups is 1. The molecule has 2 rings (SSSR count). The Morgan fingerprint density at radius 3 is 2.31 bits per heavy atom. The third-order valence-corrected chi connectivity index (χ3v) is 5.23. The number of hydrogen-bond donors (Lipinski definition) is 1. The van der Waals surface area contributed by atoms with Gasteiger partial charge in [0.15, 0.2) is 5.78 Å². The van der Waals surface area contributed by atoms with Crippen molar-refractivity contribution in [2.75, 3.05) is 12.0 Å². The first-order chi connectivity index (χ1) is 12.0. The van der Waals surface area contributed by atoms with Crippen molar-refractivity contribution in [2.45, 2.75) is 37.5 Å². The van der Waals surface area contributed by atoms with Crippen molar-refractivity contribution in [1.82, 2.24) is 5.32 Å². The van der Waals surface area contributed by atoms with Crippen LogP contribution < -0.4 is 5.32 Å². The SMILES string of the molecule is CS(=O)(=O)C[C@H](N[C@@H](c1ccccc1)C(F)(F)F)C(=O)CC1(C#N)CC1. The molecule has 1 aromatic rings. The Hall–Kier alpha value is -1.92. The van der Waals surface area contributed by atoms with Crippen LogP contribution in [0.3, 0.4) is 0 Å². The second-order valence-electron chi connectivity index (χ2n) is 6.73. The molecular formula is C17H19F3N2O3S. The lowest BCUT2D eigenvalue weighted by molar-refractivity contribution is -0.160. The van der Waals surface area contributed by atoms with Gasteiger partial charge in [0.05, 0.1) is 23.3 Å². The summed E-state index contributed by atoms with van der Waals surface area (Å²) in [5.74, 6) is -1.45. The van der Waals surface area contributed by atoms with Crippen LogP contribution in [0.25, 0.3) is 0 Å². The molecule has 5 nitrogen and oxygen atoms in total. The quantitative estimate of drug-likeness (QED) is 0.740. The van der Waals surface area contributed by atoms with Crippen molar-refractivity contribution in [3.63, 3.8) is 0 Å². The van der Waals surface area contributed by atoms with Crippen LogP contribution in [0.4, 0.5) is 13.2 Å². The third kappa shape index (κ3) is 5.54. The standard InChI is InChI=1S/C17H19F3N2O3S/c1-26(24,25)10-13(14(23)9-16(11-21)7-8-16)22-15(17(18,19)20)12-5-3-2-4-6-12/h2-6,13,15,22H,7-10H2,1H3/t13-,15-/m0/s1. The number of halogens is 3. The molecule has 0 saturated heterocycles. The molecule has 0 spiro atoms. The molecule has 1 saturated carbocycles. The Morgan fingerprint density at radius 1 is 1.31 bits per heavy atom. The van der Waals surface area contributed by atoms with Crippen LogP contribution in [0, 0.1) is 16.7 Å². The molecule has 1 aliphatic carbocycles. The smallest absolute Gasteiger partial charge is 0.298 e. The minimum atomic E-state index is -4.72. The van der Waals surface area contributed by atoms with E-state index in [0.717, 1.165) is 6.26 Å². The lowest BCUT2D eigenvalue weighted by Crippen LogP contribution is -2.48. The van der Waals surface area contributed by atoms with E-state index in [-0.39, 0.29) is 12.0 Å². The molecule has 1 aromatic carbocycles. The predicted octanol–water partition coefficient (Wildman–Crippen LogP) is 2.56. The van der Waals surface area contributed by atoms with Crippen LogP contribution in [0.2, 0.25) is 0 Å². The van der Waals surface area contributed by atoms with Gasteiger partial charge in [-0.15, -0.1) is 0 Å².